The number of pyridine rings is 1. The summed E-state index contributed by atoms with van der Waals surface area (Å²) in [6, 6.07) is 5.69. The number of carbonyl (C=O) groups is 1. The Labute approximate surface area is 147 Å². The molecule has 0 spiro atoms. The third-order valence-electron chi connectivity index (χ3n) is 5.22. The highest BCUT2D eigenvalue weighted by Gasteiger charge is 2.41. The standard InChI is InChI=1S/C19H23N3O3/c23-19(21-17-2-1-4-20-7-17)6-15-12-25-13-16-9-22(10-18(15)16)8-14-3-5-24-11-14/h1-5,7,11,15-16,18H,6,8-10,12-13H2,(H,21,23)/t15-,16-,18+/m1/s1. The van der Waals surface area contributed by atoms with Crippen LogP contribution in [-0.2, 0) is 16.1 Å². The summed E-state index contributed by atoms with van der Waals surface area (Å²) in [6.07, 6.45) is 7.38. The average molecular weight is 341 g/mol. The first-order chi connectivity index (χ1) is 12.3. The van der Waals surface area contributed by atoms with Crippen molar-refractivity contribution in [3.63, 3.8) is 0 Å². The molecule has 2 aliphatic rings. The Morgan fingerprint density at radius 2 is 2.28 bits per heavy atom. The molecule has 2 aromatic rings. The van der Waals surface area contributed by atoms with Gasteiger partial charge in [0.2, 0.25) is 5.91 Å². The van der Waals surface area contributed by atoms with E-state index in [9.17, 15) is 4.79 Å². The Bertz CT molecular complexity index is 689. The highest BCUT2D eigenvalue weighted by atomic mass is 16.5. The first-order valence-electron chi connectivity index (χ1n) is 8.79. The molecule has 2 aromatic heterocycles. The van der Waals surface area contributed by atoms with Crippen molar-refractivity contribution in [2.24, 2.45) is 17.8 Å². The zero-order valence-electron chi connectivity index (χ0n) is 14.1. The maximum Gasteiger partial charge on any atom is 0.224 e. The molecule has 0 bridgehead atoms. The van der Waals surface area contributed by atoms with Gasteiger partial charge in [-0.25, -0.2) is 0 Å². The third kappa shape index (κ3) is 3.91. The smallest absolute Gasteiger partial charge is 0.224 e. The predicted molar refractivity (Wildman–Crippen MR) is 92.8 cm³/mol. The van der Waals surface area contributed by atoms with Gasteiger partial charge in [0.25, 0.3) is 0 Å². The fourth-order valence-corrected chi connectivity index (χ4v) is 4.06. The van der Waals surface area contributed by atoms with Gasteiger partial charge in [-0.1, -0.05) is 0 Å². The van der Waals surface area contributed by atoms with E-state index in [0.29, 0.717) is 24.9 Å². The molecule has 0 aliphatic carbocycles. The number of rotatable bonds is 5. The summed E-state index contributed by atoms with van der Waals surface area (Å²) >= 11 is 0. The maximum atomic E-state index is 12.4. The number of hydrogen-bond acceptors (Lipinski definition) is 5. The summed E-state index contributed by atoms with van der Waals surface area (Å²) in [5.74, 6) is 1.33. The van der Waals surface area contributed by atoms with Crippen molar-refractivity contribution in [3.8, 4) is 0 Å². The van der Waals surface area contributed by atoms with Crippen LogP contribution in [0.3, 0.4) is 0 Å². The van der Waals surface area contributed by atoms with Crippen molar-refractivity contribution < 1.29 is 13.9 Å². The molecule has 0 unspecified atom stereocenters. The number of nitrogens with one attached hydrogen (secondary N) is 1. The molecule has 2 aliphatic heterocycles. The highest BCUT2D eigenvalue weighted by molar-refractivity contribution is 5.90. The number of likely N-dealkylation sites (tertiary alicyclic amines) is 1. The number of amides is 1. The van der Waals surface area contributed by atoms with Crippen molar-refractivity contribution in [1.82, 2.24) is 9.88 Å². The van der Waals surface area contributed by atoms with Gasteiger partial charge in [-0.15, -0.1) is 0 Å². The molecule has 4 rings (SSSR count). The van der Waals surface area contributed by atoms with Gasteiger partial charge < -0.3 is 14.5 Å². The Kier molecular flexibility index (Phi) is 4.81. The summed E-state index contributed by atoms with van der Waals surface area (Å²) in [5.41, 5.74) is 1.94. The molecule has 0 radical (unpaired) electrons. The summed E-state index contributed by atoms with van der Waals surface area (Å²) in [6.45, 7) is 4.41. The number of ether oxygens (including phenoxy) is 1. The summed E-state index contributed by atoms with van der Waals surface area (Å²) in [4.78, 5) is 18.9. The maximum absolute atomic E-state index is 12.4. The predicted octanol–water partition coefficient (Wildman–Crippen LogP) is 2.40. The molecule has 2 fully saturated rings. The Morgan fingerprint density at radius 1 is 1.32 bits per heavy atom. The minimum atomic E-state index is 0.0375. The van der Waals surface area contributed by atoms with Crippen LogP contribution < -0.4 is 5.32 Å². The van der Waals surface area contributed by atoms with Crippen molar-refractivity contribution in [2.75, 3.05) is 31.6 Å². The van der Waals surface area contributed by atoms with Gasteiger partial charge in [-0.3, -0.25) is 14.7 Å². The number of carbonyl (C=O) groups excluding carboxylic acids is 1. The second-order valence-electron chi connectivity index (χ2n) is 7.04. The normalized spacial score (nSPS) is 26.3. The minimum Gasteiger partial charge on any atom is -0.472 e. The van der Waals surface area contributed by atoms with Crippen LogP contribution in [0.2, 0.25) is 0 Å². The van der Waals surface area contributed by atoms with Crippen molar-refractivity contribution >= 4 is 11.6 Å². The molecule has 3 atom stereocenters. The van der Waals surface area contributed by atoms with Crippen LogP contribution >= 0.6 is 0 Å². The summed E-state index contributed by atoms with van der Waals surface area (Å²) < 4.78 is 11.0. The number of furan rings is 1. The van der Waals surface area contributed by atoms with Crippen molar-refractivity contribution in [1.29, 1.82) is 0 Å². The van der Waals surface area contributed by atoms with Crippen molar-refractivity contribution in [2.45, 2.75) is 13.0 Å². The Balaban J connectivity index is 1.35. The molecular weight excluding hydrogens is 318 g/mol. The minimum absolute atomic E-state index is 0.0375. The van der Waals surface area contributed by atoms with Crippen LogP contribution in [0.1, 0.15) is 12.0 Å². The number of aromatic nitrogens is 1. The molecule has 1 N–H and O–H groups in total. The summed E-state index contributed by atoms with van der Waals surface area (Å²) in [7, 11) is 0. The van der Waals surface area contributed by atoms with E-state index in [0.717, 1.165) is 31.9 Å². The third-order valence-corrected chi connectivity index (χ3v) is 5.22. The fourth-order valence-electron chi connectivity index (χ4n) is 4.06. The molecule has 1 amide bonds. The summed E-state index contributed by atoms with van der Waals surface area (Å²) in [5, 5.41) is 2.93. The number of nitrogens with zero attached hydrogens (tertiary/aromatic N) is 2. The van der Waals surface area contributed by atoms with E-state index in [1.54, 1.807) is 24.9 Å². The quantitative estimate of drug-likeness (QED) is 0.904. The van der Waals surface area contributed by atoms with Crippen LogP contribution in [0.5, 0.6) is 0 Å². The fraction of sp³-hybridized carbons (Fsp3) is 0.474. The van der Waals surface area contributed by atoms with Gasteiger partial charge in [-0.05, 0) is 36.0 Å². The monoisotopic (exact) mass is 341 g/mol. The van der Waals surface area contributed by atoms with Gasteiger partial charge in [0.05, 0.1) is 37.6 Å². The topological polar surface area (TPSA) is 67.6 Å². The molecule has 2 saturated heterocycles. The number of fused-ring (bicyclic) bond motifs is 1. The van der Waals surface area contributed by atoms with E-state index in [2.05, 4.69) is 15.2 Å². The Morgan fingerprint density at radius 3 is 3.08 bits per heavy atom. The van der Waals surface area contributed by atoms with Crippen LogP contribution in [0, 0.1) is 17.8 Å². The lowest BCUT2D eigenvalue weighted by atomic mass is 9.81. The molecule has 4 heterocycles. The molecule has 6 heteroatoms. The SMILES string of the molecule is O=C(C[C@@H]1COC[C@H]2CN(Cc3ccoc3)C[C@@H]12)Nc1cccnc1. The van der Waals surface area contributed by atoms with Gasteiger partial charge in [0.1, 0.15) is 0 Å². The molecule has 0 aromatic carbocycles. The van der Waals surface area contributed by atoms with E-state index < -0.39 is 0 Å². The Hall–Kier alpha value is -2.18. The van der Waals surface area contributed by atoms with Crippen LogP contribution in [-0.4, -0.2) is 42.1 Å². The van der Waals surface area contributed by atoms with Crippen LogP contribution in [0.25, 0.3) is 0 Å². The lowest BCUT2D eigenvalue weighted by Crippen LogP contribution is -2.37. The highest BCUT2D eigenvalue weighted by Crippen LogP contribution is 2.36. The second-order valence-corrected chi connectivity index (χ2v) is 7.04. The lowest BCUT2D eigenvalue weighted by molar-refractivity contribution is -0.119. The van der Waals surface area contributed by atoms with E-state index >= 15 is 0 Å². The zero-order valence-corrected chi connectivity index (χ0v) is 14.1. The van der Waals surface area contributed by atoms with Gasteiger partial charge in [0, 0.05) is 37.8 Å². The van der Waals surface area contributed by atoms with Crippen LogP contribution in [0.4, 0.5) is 5.69 Å². The average Bonchev–Trinajstić information content (AvgIpc) is 3.26. The molecule has 6 nitrogen and oxygen atoms in total. The lowest BCUT2D eigenvalue weighted by Gasteiger charge is -2.32. The molecule has 0 saturated carbocycles. The first-order valence-corrected chi connectivity index (χ1v) is 8.79. The van der Waals surface area contributed by atoms with Gasteiger partial charge in [-0.2, -0.15) is 0 Å². The van der Waals surface area contributed by atoms with Crippen molar-refractivity contribution in [3.05, 3.63) is 48.7 Å². The molecule has 132 valence electrons. The van der Waals surface area contributed by atoms with Gasteiger partial charge >= 0.3 is 0 Å². The van der Waals surface area contributed by atoms with E-state index in [1.165, 1.54) is 5.56 Å². The van der Waals surface area contributed by atoms with E-state index in [1.807, 2.05) is 18.2 Å². The second kappa shape index (κ2) is 7.37. The molecule has 25 heavy (non-hydrogen) atoms. The van der Waals surface area contributed by atoms with E-state index in [4.69, 9.17) is 9.15 Å². The molecular formula is C19H23N3O3. The zero-order chi connectivity index (χ0) is 17.1. The van der Waals surface area contributed by atoms with Crippen LogP contribution in [0.15, 0.2) is 47.5 Å². The largest absolute Gasteiger partial charge is 0.472 e. The van der Waals surface area contributed by atoms with Gasteiger partial charge in [0.15, 0.2) is 0 Å². The first kappa shape index (κ1) is 16.3. The number of anilines is 1. The van der Waals surface area contributed by atoms with E-state index in [-0.39, 0.29) is 11.8 Å². The number of hydrogen-bond donors (Lipinski definition) is 1.